The smallest absolute Gasteiger partial charge is 0.255 e. The van der Waals surface area contributed by atoms with Crippen LogP contribution >= 0.6 is 0 Å². The summed E-state index contributed by atoms with van der Waals surface area (Å²) in [5.41, 5.74) is 5.38. The normalized spacial score (nSPS) is 15.2. The number of nitrogens with one attached hydrogen (secondary N) is 2. The first-order valence-electron chi connectivity index (χ1n) is 11.5. The number of anilines is 1. The Labute approximate surface area is 194 Å². The Bertz CT molecular complexity index is 1250. The van der Waals surface area contributed by atoms with Crippen LogP contribution in [0.5, 0.6) is 0 Å². The van der Waals surface area contributed by atoms with Crippen LogP contribution in [-0.4, -0.2) is 70.0 Å². The molecule has 0 unspecified atom stereocenters. The number of hydrogen-bond donors (Lipinski definition) is 2. The average Bonchev–Trinajstić information content (AvgIpc) is 3.44. The molecule has 33 heavy (non-hydrogen) atoms. The number of aromatic amines is 1. The van der Waals surface area contributed by atoms with Gasteiger partial charge in [-0.3, -0.25) is 4.79 Å². The van der Waals surface area contributed by atoms with Crippen molar-refractivity contribution in [2.24, 2.45) is 7.05 Å². The van der Waals surface area contributed by atoms with Gasteiger partial charge in [0, 0.05) is 57.2 Å². The third kappa shape index (κ3) is 4.84. The van der Waals surface area contributed by atoms with Gasteiger partial charge >= 0.3 is 0 Å². The number of piperazine rings is 1. The molecule has 0 spiro atoms. The molecule has 1 saturated heterocycles. The summed E-state index contributed by atoms with van der Waals surface area (Å²) < 4.78 is 2.01. The highest BCUT2D eigenvalue weighted by molar-refractivity contribution is 6.06. The molecule has 0 atom stereocenters. The Morgan fingerprint density at radius 3 is 2.55 bits per heavy atom. The van der Waals surface area contributed by atoms with E-state index in [0.29, 0.717) is 5.56 Å². The van der Waals surface area contributed by atoms with Gasteiger partial charge in [-0.15, -0.1) is 0 Å². The number of hydrogen-bond acceptors (Lipinski definition) is 4. The molecular weight excluding hydrogens is 412 g/mol. The number of imidazole rings is 1. The van der Waals surface area contributed by atoms with Gasteiger partial charge in [-0.25, -0.2) is 4.98 Å². The van der Waals surface area contributed by atoms with Gasteiger partial charge in [0.1, 0.15) is 0 Å². The summed E-state index contributed by atoms with van der Waals surface area (Å²) in [7, 11) is 4.17. The number of H-pyrrole nitrogens is 1. The van der Waals surface area contributed by atoms with Crippen LogP contribution in [0.1, 0.15) is 15.9 Å². The molecule has 1 amide bonds. The molecule has 5 rings (SSSR count). The van der Waals surface area contributed by atoms with Gasteiger partial charge < -0.3 is 24.7 Å². The number of fused-ring (bicyclic) bond motifs is 1. The van der Waals surface area contributed by atoms with Crippen molar-refractivity contribution in [1.82, 2.24) is 24.3 Å². The van der Waals surface area contributed by atoms with Crippen molar-refractivity contribution >= 4 is 22.6 Å². The van der Waals surface area contributed by atoms with Crippen molar-refractivity contribution < 1.29 is 4.79 Å². The number of aryl methyl sites for hydroxylation is 1. The van der Waals surface area contributed by atoms with Crippen molar-refractivity contribution in [1.29, 1.82) is 0 Å². The highest BCUT2D eigenvalue weighted by atomic mass is 16.1. The van der Waals surface area contributed by atoms with Gasteiger partial charge in [-0.1, -0.05) is 12.1 Å². The number of nitrogens with zero attached hydrogens (tertiary/aromatic N) is 4. The fraction of sp³-hybridized carbons (Fsp3) is 0.308. The monoisotopic (exact) mass is 442 g/mol. The Hall–Kier alpha value is -3.42. The molecule has 7 nitrogen and oxygen atoms in total. The van der Waals surface area contributed by atoms with Crippen LogP contribution < -0.4 is 5.32 Å². The number of aromatic nitrogens is 3. The zero-order chi connectivity index (χ0) is 22.8. The summed E-state index contributed by atoms with van der Waals surface area (Å²) in [6.07, 6.45) is 3.01. The van der Waals surface area contributed by atoms with Crippen molar-refractivity contribution in [2.75, 3.05) is 45.1 Å². The van der Waals surface area contributed by atoms with E-state index in [1.807, 2.05) is 60.3 Å². The van der Waals surface area contributed by atoms with Crippen LogP contribution in [0.15, 0.2) is 60.8 Å². The molecule has 0 radical (unpaired) electrons. The third-order valence-electron chi connectivity index (χ3n) is 6.45. The van der Waals surface area contributed by atoms with Crippen molar-refractivity contribution in [2.45, 2.75) is 6.42 Å². The minimum absolute atomic E-state index is 0.128. The van der Waals surface area contributed by atoms with E-state index in [9.17, 15) is 4.79 Å². The maximum Gasteiger partial charge on any atom is 0.255 e. The minimum atomic E-state index is -0.128. The lowest BCUT2D eigenvalue weighted by Gasteiger charge is -2.32. The first-order chi connectivity index (χ1) is 16.0. The van der Waals surface area contributed by atoms with E-state index in [1.165, 1.54) is 5.56 Å². The largest absolute Gasteiger partial charge is 0.348 e. The average molecular weight is 443 g/mol. The summed E-state index contributed by atoms with van der Waals surface area (Å²) in [5, 5.41) is 3.01. The first-order valence-corrected chi connectivity index (χ1v) is 11.5. The Morgan fingerprint density at radius 1 is 1.03 bits per heavy atom. The van der Waals surface area contributed by atoms with Crippen molar-refractivity contribution in [3.05, 3.63) is 71.9 Å². The number of carbonyl (C=O) groups is 1. The molecule has 0 aliphatic carbocycles. The molecule has 0 saturated carbocycles. The fourth-order valence-corrected chi connectivity index (χ4v) is 4.30. The molecule has 7 heteroatoms. The molecule has 1 aliphatic heterocycles. The topological polar surface area (TPSA) is 69.2 Å². The van der Waals surface area contributed by atoms with E-state index < -0.39 is 0 Å². The molecular formula is C26H30N6O. The number of amides is 1. The number of rotatable bonds is 6. The Balaban J connectivity index is 1.21. The lowest BCUT2D eigenvalue weighted by molar-refractivity contribution is 0.102. The predicted molar refractivity (Wildman–Crippen MR) is 133 cm³/mol. The lowest BCUT2D eigenvalue weighted by Crippen LogP contribution is -2.45. The SMILES string of the molecule is CN1CCN(CCc2ccc(NC(=O)c3ccc4nc(-c5cccn5C)[nH]c4c3)cc2)CC1. The van der Waals surface area contributed by atoms with E-state index >= 15 is 0 Å². The van der Waals surface area contributed by atoms with Crippen LogP contribution in [0, 0.1) is 0 Å². The summed E-state index contributed by atoms with van der Waals surface area (Å²) in [6.45, 7) is 5.63. The minimum Gasteiger partial charge on any atom is -0.348 e. The second-order valence-electron chi connectivity index (χ2n) is 8.87. The maximum absolute atomic E-state index is 12.8. The van der Waals surface area contributed by atoms with E-state index in [1.54, 1.807) is 0 Å². The highest BCUT2D eigenvalue weighted by Gasteiger charge is 2.14. The number of benzene rings is 2. The number of likely N-dealkylation sites (N-methyl/N-ethyl adjacent to an activating group) is 1. The van der Waals surface area contributed by atoms with Crippen LogP contribution in [0.4, 0.5) is 5.69 Å². The molecule has 3 heterocycles. The van der Waals surface area contributed by atoms with Gasteiger partial charge in [0.2, 0.25) is 0 Å². The second-order valence-corrected chi connectivity index (χ2v) is 8.87. The maximum atomic E-state index is 12.8. The van der Waals surface area contributed by atoms with Crippen LogP contribution in [0.25, 0.3) is 22.6 Å². The van der Waals surface area contributed by atoms with Gasteiger partial charge in [-0.2, -0.15) is 0 Å². The van der Waals surface area contributed by atoms with Gasteiger partial charge in [0.15, 0.2) is 5.82 Å². The number of carbonyl (C=O) groups excluding carboxylic acids is 1. The molecule has 2 N–H and O–H groups in total. The van der Waals surface area contributed by atoms with Crippen LogP contribution in [0.3, 0.4) is 0 Å². The molecule has 2 aromatic carbocycles. The first kappa shape index (κ1) is 21.4. The van der Waals surface area contributed by atoms with Crippen molar-refractivity contribution in [3.8, 4) is 11.5 Å². The molecule has 1 fully saturated rings. The highest BCUT2D eigenvalue weighted by Crippen LogP contribution is 2.22. The molecule has 2 aromatic heterocycles. The summed E-state index contributed by atoms with van der Waals surface area (Å²) in [5.74, 6) is 0.666. The standard InChI is InChI=1S/C26H30N6O/c1-30-14-16-32(17-15-30)13-11-19-5-8-21(9-6-19)27-26(33)20-7-10-22-23(18-20)29-25(28-22)24-4-3-12-31(24)2/h3-10,12,18H,11,13-17H2,1-2H3,(H,27,33)(H,28,29). The van der Waals surface area contributed by atoms with E-state index in [0.717, 1.165) is 67.4 Å². The molecule has 4 aromatic rings. The lowest BCUT2D eigenvalue weighted by atomic mass is 10.1. The molecule has 170 valence electrons. The van der Waals surface area contributed by atoms with Gasteiger partial charge in [-0.05, 0) is 61.5 Å². The third-order valence-corrected chi connectivity index (χ3v) is 6.45. The van der Waals surface area contributed by atoms with Crippen molar-refractivity contribution in [3.63, 3.8) is 0 Å². The predicted octanol–water partition coefficient (Wildman–Crippen LogP) is 3.61. The van der Waals surface area contributed by atoms with E-state index in [2.05, 4.69) is 44.3 Å². The zero-order valence-electron chi connectivity index (χ0n) is 19.2. The van der Waals surface area contributed by atoms with Gasteiger partial charge in [0.05, 0.1) is 16.7 Å². The quantitative estimate of drug-likeness (QED) is 0.479. The molecule has 0 bridgehead atoms. The van der Waals surface area contributed by atoms with E-state index in [-0.39, 0.29) is 5.91 Å². The van der Waals surface area contributed by atoms with Crippen LogP contribution in [0.2, 0.25) is 0 Å². The second kappa shape index (κ2) is 9.21. The summed E-state index contributed by atoms with van der Waals surface area (Å²) >= 11 is 0. The Kier molecular flexibility index (Phi) is 5.98. The van der Waals surface area contributed by atoms with E-state index in [4.69, 9.17) is 0 Å². The van der Waals surface area contributed by atoms with Gasteiger partial charge in [0.25, 0.3) is 5.91 Å². The molecule has 1 aliphatic rings. The Morgan fingerprint density at radius 2 is 1.82 bits per heavy atom. The summed E-state index contributed by atoms with van der Waals surface area (Å²) in [4.78, 5) is 25.7. The van der Waals surface area contributed by atoms with Crippen LogP contribution in [-0.2, 0) is 13.5 Å². The fourth-order valence-electron chi connectivity index (χ4n) is 4.30. The zero-order valence-corrected chi connectivity index (χ0v) is 19.2. The summed E-state index contributed by atoms with van der Waals surface area (Å²) in [6, 6.07) is 17.7.